The number of fused-ring (bicyclic) bond motifs is 3. The average molecular weight is 628 g/mol. The van der Waals surface area contributed by atoms with Crippen LogP contribution in [0.15, 0.2) is 176 Å². The van der Waals surface area contributed by atoms with Gasteiger partial charge >= 0.3 is 0 Å². The third kappa shape index (κ3) is 4.55. The number of para-hydroxylation sites is 2. The number of benzene rings is 7. The molecule has 48 heavy (non-hydrogen) atoms. The van der Waals surface area contributed by atoms with Crippen LogP contribution in [0.2, 0.25) is 0 Å². The van der Waals surface area contributed by atoms with E-state index in [1.807, 2.05) is 24.3 Å². The molecule has 0 spiro atoms. The lowest BCUT2D eigenvalue weighted by Crippen LogP contribution is -2.74. The van der Waals surface area contributed by atoms with E-state index >= 15 is 0 Å². The number of rotatable bonds is 6. The van der Waals surface area contributed by atoms with E-state index in [-0.39, 0.29) is 0 Å². The summed E-state index contributed by atoms with van der Waals surface area (Å²) < 4.78 is 2.26. The van der Waals surface area contributed by atoms with Crippen molar-refractivity contribution in [2.24, 2.45) is 0 Å². The van der Waals surface area contributed by atoms with E-state index in [0.717, 1.165) is 43.8 Å². The lowest BCUT2D eigenvalue weighted by molar-refractivity contribution is 1.18. The van der Waals surface area contributed by atoms with Crippen molar-refractivity contribution in [1.82, 2.24) is 4.57 Å². The molecule has 1 heterocycles. The van der Waals surface area contributed by atoms with Gasteiger partial charge in [0.25, 0.3) is 0 Å². The van der Waals surface area contributed by atoms with Crippen LogP contribution in [0.4, 0.5) is 11.4 Å². The molecule has 8 rings (SSSR count). The molecule has 4 heteroatoms. The van der Waals surface area contributed by atoms with E-state index < -0.39 is 8.07 Å². The van der Waals surface area contributed by atoms with E-state index in [1.165, 1.54) is 15.6 Å². The second-order valence-electron chi connectivity index (χ2n) is 11.9. The Balaban J connectivity index is 1.40. The minimum atomic E-state index is -2.92. The maximum Gasteiger partial charge on any atom is 0.195 e. The van der Waals surface area contributed by atoms with E-state index in [1.54, 1.807) is 0 Å². The first-order valence-electron chi connectivity index (χ1n) is 15.9. The summed E-state index contributed by atoms with van der Waals surface area (Å²) in [6.45, 7) is 16.3. The summed E-state index contributed by atoms with van der Waals surface area (Å²) >= 11 is 0. The van der Waals surface area contributed by atoms with Crippen molar-refractivity contribution < 1.29 is 0 Å². The van der Waals surface area contributed by atoms with Crippen LogP contribution in [0.1, 0.15) is 0 Å². The first kappa shape index (κ1) is 29.0. The van der Waals surface area contributed by atoms with Crippen molar-refractivity contribution in [1.29, 1.82) is 0 Å². The molecule has 0 atom stereocenters. The maximum absolute atomic E-state index is 8.71. The van der Waals surface area contributed by atoms with Gasteiger partial charge in [0.2, 0.25) is 0 Å². The number of nitrogens with zero attached hydrogens (tertiary/aromatic N) is 3. The van der Waals surface area contributed by atoms with Crippen LogP contribution in [-0.2, 0) is 0 Å². The normalized spacial score (nSPS) is 11.3. The predicted octanol–water partition coefficient (Wildman–Crippen LogP) is 8.93. The van der Waals surface area contributed by atoms with Gasteiger partial charge in [-0.2, -0.15) is 0 Å². The maximum atomic E-state index is 8.71. The minimum Gasteiger partial charge on any atom is -0.309 e. The van der Waals surface area contributed by atoms with Gasteiger partial charge in [-0.05, 0) is 67.6 Å². The van der Waals surface area contributed by atoms with E-state index in [9.17, 15) is 0 Å². The van der Waals surface area contributed by atoms with Crippen LogP contribution in [0.5, 0.6) is 0 Å². The topological polar surface area (TPSA) is 13.6 Å². The minimum absolute atomic E-state index is 0.626. The molecule has 0 aliphatic rings. The molecule has 1 aromatic heterocycles. The van der Waals surface area contributed by atoms with Crippen molar-refractivity contribution in [3.63, 3.8) is 0 Å². The van der Waals surface area contributed by atoms with Gasteiger partial charge in [0, 0.05) is 11.1 Å². The van der Waals surface area contributed by atoms with E-state index in [0.29, 0.717) is 11.4 Å². The molecule has 0 aliphatic carbocycles. The van der Waals surface area contributed by atoms with Gasteiger partial charge < -0.3 is 4.57 Å². The van der Waals surface area contributed by atoms with Gasteiger partial charge in [-0.1, -0.05) is 146 Å². The number of aromatic nitrogens is 1. The fourth-order valence-electron chi connectivity index (χ4n) is 7.35. The lowest BCUT2D eigenvalue weighted by atomic mass is 10.0. The van der Waals surface area contributed by atoms with Crippen LogP contribution >= 0.6 is 0 Å². The Kier molecular flexibility index (Phi) is 7.27. The highest BCUT2D eigenvalue weighted by molar-refractivity contribution is 7.20. The fraction of sp³-hybridized carbons (Fsp3) is 0. The molecule has 0 amide bonds. The zero-order chi connectivity index (χ0) is 32.5. The van der Waals surface area contributed by atoms with Gasteiger partial charge in [-0.15, -0.1) is 0 Å². The quantitative estimate of drug-likeness (QED) is 0.0993. The molecule has 7 aromatic carbocycles. The molecule has 0 N–H and O–H groups in total. The number of hydrogen-bond donors (Lipinski definition) is 0. The van der Waals surface area contributed by atoms with Gasteiger partial charge in [-0.25, -0.2) is 9.69 Å². The molecule has 0 saturated carbocycles. The van der Waals surface area contributed by atoms with Crippen LogP contribution < -0.4 is 20.7 Å². The van der Waals surface area contributed by atoms with Gasteiger partial charge in [0.15, 0.2) is 19.4 Å². The largest absolute Gasteiger partial charge is 0.309 e. The molecule has 224 valence electrons. The summed E-state index contributed by atoms with van der Waals surface area (Å²) in [5.41, 5.74) is 6.34. The second-order valence-corrected chi connectivity index (χ2v) is 15.6. The zero-order valence-electron chi connectivity index (χ0n) is 26.1. The molecule has 3 nitrogen and oxygen atoms in total. The standard InChI is InChI=1S/C44H29N3Si/c1-45-33-28-29-42-40(31-33)39-24-12-13-26-41(39)47(42)34-17-14-16-32(30-34)38-25-15-27-43(44(38)46-2)48(35-18-6-3-7-19-35,36-20-8-4-9-21-36)37-22-10-5-11-23-37/h3-31H. The monoisotopic (exact) mass is 627 g/mol. The molecule has 0 radical (unpaired) electrons. The summed E-state index contributed by atoms with van der Waals surface area (Å²) in [4.78, 5) is 8.04. The molecule has 8 aromatic rings. The molecular formula is C44H29N3Si. The first-order chi connectivity index (χ1) is 23.7. The summed E-state index contributed by atoms with van der Waals surface area (Å²) in [5, 5.41) is 6.95. The Morgan fingerprint density at radius 2 is 1.04 bits per heavy atom. The van der Waals surface area contributed by atoms with Crippen LogP contribution in [0.3, 0.4) is 0 Å². The van der Waals surface area contributed by atoms with Crippen LogP contribution in [-0.4, -0.2) is 12.6 Å². The molecule has 0 saturated heterocycles. The van der Waals surface area contributed by atoms with Crippen molar-refractivity contribution in [2.75, 3.05) is 0 Å². The van der Waals surface area contributed by atoms with Gasteiger partial charge in [0.05, 0.1) is 24.2 Å². The highest BCUT2D eigenvalue weighted by atomic mass is 28.3. The molecule has 0 aliphatic heterocycles. The predicted molar refractivity (Wildman–Crippen MR) is 202 cm³/mol. The average Bonchev–Trinajstić information content (AvgIpc) is 3.50. The lowest BCUT2D eigenvalue weighted by Gasteiger charge is -2.35. The highest BCUT2D eigenvalue weighted by Crippen LogP contribution is 2.37. The Hall–Kier alpha value is -6.46. The smallest absolute Gasteiger partial charge is 0.195 e. The Morgan fingerprint density at radius 1 is 0.458 bits per heavy atom. The van der Waals surface area contributed by atoms with Gasteiger partial charge in [-0.3, -0.25) is 0 Å². The fourth-order valence-corrected chi connectivity index (χ4v) is 12.3. The Labute approximate surface area is 281 Å². The third-order valence-electron chi connectivity index (χ3n) is 9.37. The van der Waals surface area contributed by atoms with E-state index in [4.69, 9.17) is 13.1 Å². The summed E-state index contributed by atoms with van der Waals surface area (Å²) in [7, 11) is -2.92. The van der Waals surface area contributed by atoms with Gasteiger partial charge in [0.1, 0.15) is 0 Å². The molecule has 0 fully saturated rings. The highest BCUT2D eigenvalue weighted by Gasteiger charge is 2.43. The van der Waals surface area contributed by atoms with Crippen LogP contribution in [0.25, 0.3) is 48.3 Å². The second kappa shape index (κ2) is 12.0. The molecular weight excluding hydrogens is 599 g/mol. The molecule has 0 unspecified atom stereocenters. The summed E-state index contributed by atoms with van der Waals surface area (Å²) in [5.74, 6) is 0. The summed E-state index contributed by atoms with van der Waals surface area (Å²) in [6, 6.07) is 61.4. The molecule has 0 bridgehead atoms. The van der Waals surface area contributed by atoms with Crippen molar-refractivity contribution in [2.45, 2.75) is 0 Å². The van der Waals surface area contributed by atoms with Crippen LogP contribution in [0, 0.1) is 13.1 Å². The number of hydrogen-bond acceptors (Lipinski definition) is 0. The van der Waals surface area contributed by atoms with Crippen molar-refractivity contribution in [3.8, 4) is 16.8 Å². The van der Waals surface area contributed by atoms with Crippen molar-refractivity contribution >= 4 is 62.0 Å². The first-order valence-corrected chi connectivity index (χ1v) is 17.9. The Bertz CT molecular complexity index is 2430. The SMILES string of the molecule is [C-]#[N+]c1ccc2c(c1)c1ccccc1n2-c1cccc(-c2cccc([Si](c3ccccc3)(c3ccccc3)c3ccccc3)c2[N+]#[C-])c1. The third-order valence-corrected chi connectivity index (χ3v) is 14.2. The van der Waals surface area contributed by atoms with Crippen molar-refractivity contribution in [3.05, 3.63) is 199 Å². The Morgan fingerprint density at radius 3 is 1.67 bits per heavy atom. The zero-order valence-corrected chi connectivity index (χ0v) is 27.1. The van der Waals surface area contributed by atoms with E-state index in [2.05, 4.69) is 166 Å². The summed E-state index contributed by atoms with van der Waals surface area (Å²) in [6.07, 6.45) is 0.